The van der Waals surface area contributed by atoms with E-state index >= 15 is 0 Å². The van der Waals surface area contributed by atoms with Crippen LogP contribution < -0.4 is 15.2 Å². The van der Waals surface area contributed by atoms with Crippen LogP contribution in [0.1, 0.15) is 15.4 Å². The highest BCUT2D eigenvalue weighted by molar-refractivity contribution is 7.17. The molecule has 0 spiro atoms. The molecule has 0 aliphatic carbocycles. The van der Waals surface area contributed by atoms with Crippen molar-refractivity contribution in [1.82, 2.24) is 4.98 Å². The number of thiazole rings is 1. The topological polar surface area (TPSA) is 74.3 Å². The standard InChI is InChI=1S/C17H14N2O3S/c1-11-15(16(20)21)23-17(18-11)19-12-7-9-14(10-8-12)22-13-5-3-2-4-6-13/h2-10H,1H3,(H,18,19)(H,20,21)/p-1. The Bertz CT molecular complexity index is 814. The third-order valence-corrected chi connectivity index (χ3v) is 4.12. The highest BCUT2D eigenvalue weighted by Gasteiger charge is 2.08. The number of carboxylic acid groups (broad SMARTS) is 1. The van der Waals surface area contributed by atoms with Gasteiger partial charge in [0.1, 0.15) is 11.5 Å². The van der Waals surface area contributed by atoms with Crippen LogP contribution in [0.25, 0.3) is 0 Å². The Morgan fingerprint density at radius 1 is 1.09 bits per heavy atom. The Balaban J connectivity index is 1.70. The first kappa shape index (κ1) is 15.1. The molecule has 3 aromatic rings. The lowest BCUT2D eigenvalue weighted by molar-refractivity contribution is -0.254. The molecule has 0 aliphatic rings. The van der Waals surface area contributed by atoms with Crippen molar-refractivity contribution < 1.29 is 14.6 Å². The second-order valence-electron chi connectivity index (χ2n) is 4.79. The van der Waals surface area contributed by atoms with Crippen LogP contribution in [0.5, 0.6) is 11.5 Å². The van der Waals surface area contributed by atoms with Crippen LogP contribution in [0, 0.1) is 6.92 Å². The minimum Gasteiger partial charge on any atom is -0.544 e. The summed E-state index contributed by atoms with van der Waals surface area (Å²) in [6.07, 6.45) is 0. The number of ether oxygens (including phenoxy) is 1. The number of para-hydroxylation sites is 1. The van der Waals surface area contributed by atoms with Gasteiger partial charge < -0.3 is 20.0 Å². The average Bonchev–Trinajstić information content (AvgIpc) is 2.91. The molecule has 116 valence electrons. The second kappa shape index (κ2) is 6.50. The molecule has 0 saturated carbocycles. The largest absolute Gasteiger partial charge is 0.544 e. The number of nitrogens with zero attached hydrogens (tertiary/aromatic N) is 1. The van der Waals surface area contributed by atoms with Crippen LogP contribution in [-0.2, 0) is 0 Å². The molecule has 0 aliphatic heterocycles. The summed E-state index contributed by atoms with van der Waals surface area (Å²) in [5.41, 5.74) is 1.24. The Morgan fingerprint density at radius 3 is 2.35 bits per heavy atom. The molecule has 1 aromatic heterocycles. The number of aromatic carboxylic acids is 1. The fraction of sp³-hybridized carbons (Fsp3) is 0.0588. The van der Waals surface area contributed by atoms with Crippen LogP contribution in [0.15, 0.2) is 54.6 Å². The minimum absolute atomic E-state index is 0.136. The molecule has 23 heavy (non-hydrogen) atoms. The molecule has 2 aromatic carbocycles. The Hall–Kier alpha value is -2.86. The van der Waals surface area contributed by atoms with Crippen LogP contribution in [0.2, 0.25) is 0 Å². The summed E-state index contributed by atoms with van der Waals surface area (Å²) in [5, 5.41) is 14.5. The van der Waals surface area contributed by atoms with Crippen molar-refractivity contribution in [3.8, 4) is 11.5 Å². The van der Waals surface area contributed by atoms with Gasteiger partial charge in [-0.25, -0.2) is 4.98 Å². The summed E-state index contributed by atoms with van der Waals surface area (Å²) < 4.78 is 5.71. The van der Waals surface area contributed by atoms with Crippen LogP contribution in [0.4, 0.5) is 10.8 Å². The summed E-state index contributed by atoms with van der Waals surface area (Å²) in [6.45, 7) is 1.64. The number of carbonyl (C=O) groups excluding carboxylic acids is 1. The summed E-state index contributed by atoms with van der Waals surface area (Å²) >= 11 is 1.05. The number of hydrogen-bond donors (Lipinski definition) is 1. The number of aryl methyl sites for hydroxylation is 1. The van der Waals surface area contributed by atoms with E-state index in [0.717, 1.165) is 22.8 Å². The van der Waals surface area contributed by atoms with Gasteiger partial charge in [0.15, 0.2) is 5.13 Å². The number of aromatic nitrogens is 1. The van der Waals surface area contributed by atoms with E-state index in [1.807, 2.05) is 54.6 Å². The van der Waals surface area contributed by atoms with Gasteiger partial charge in [-0.2, -0.15) is 0 Å². The van der Waals surface area contributed by atoms with E-state index in [4.69, 9.17) is 4.74 Å². The van der Waals surface area contributed by atoms with Gasteiger partial charge in [0.2, 0.25) is 0 Å². The smallest absolute Gasteiger partial charge is 0.188 e. The third kappa shape index (κ3) is 3.67. The molecule has 3 rings (SSSR count). The zero-order chi connectivity index (χ0) is 16.2. The third-order valence-electron chi connectivity index (χ3n) is 3.07. The van der Waals surface area contributed by atoms with Crippen molar-refractivity contribution in [2.75, 3.05) is 5.32 Å². The zero-order valence-corrected chi connectivity index (χ0v) is 13.1. The Kier molecular flexibility index (Phi) is 4.25. The number of rotatable bonds is 5. The van der Waals surface area contributed by atoms with E-state index in [0.29, 0.717) is 16.6 Å². The van der Waals surface area contributed by atoms with Crippen molar-refractivity contribution in [3.05, 3.63) is 65.2 Å². The molecule has 0 atom stereocenters. The number of nitrogens with one attached hydrogen (secondary N) is 1. The fourth-order valence-corrected chi connectivity index (χ4v) is 2.82. The molecule has 5 nitrogen and oxygen atoms in total. The van der Waals surface area contributed by atoms with Crippen LogP contribution in [-0.4, -0.2) is 11.0 Å². The van der Waals surface area contributed by atoms with Crippen molar-refractivity contribution >= 4 is 28.1 Å². The van der Waals surface area contributed by atoms with Crippen molar-refractivity contribution in [3.63, 3.8) is 0 Å². The molecule has 0 amide bonds. The Labute approximate surface area is 137 Å². The quantitative estimate of drug-likeness (QED) is 0.778. The number of carboxylic acids is 1. The molecule has 0 unspecified atom stereocenters. The summed E-state index contributed by atoms with van der Waals surface area (Å²) in [7, 11) is 0. The maximum atomic E-state index is 10.9. The summed E-state index contributed by atoms with van der Waals surface area (Å²) in [5.74, 6) is 0.273. The lowest BCUT2D eigenvalue weighted by atomic mass is 10.3. The average molecular weight is 325 g/mol. The van der Waals surface area contributed by atoms with Crippen LogP contribution >= 0.6 is 11.3 Å². The number of anilines is 2. The van der Waals surface area contributed by atoms with Gasteiger partial charge in [0, 0.05) is 5.69 Å². The monoisotopic (exact) mass is 325 g/mol. The normalized spacial score (nSPS) is 10.3. The first-order valence-electron chi connectivity index (χ1n) is 6.90. The lowest BCUT2D eigenvalue weighted by Gasteiger charge is -2.07. The number of hydrogen-bond acceptors (Lipinski definition) is 6. The highest BCUT2D eigenvalue weighted by atomic mass is 32.1. The first-order chi connectivity index (χ1) is 11.1. The molecule has 0 saturated heterocycles. The summed E-state index contributed by atoms with van der Waals surface area (Å²) in [6, 6.07) is 16.8. The molecule has 0 bridgehead atoms. The van der Waals surface area contributed by atoms with Gasteiger partial charge in [0.25, 0.3) is 0 Å². The molecule has 1 N–H and O–H groups in total. The summed E-state index contributed by atoms with van der Waals surface area (Å²) in [4.78, 5) is 15.2. The van der Waals surface area contributed by atoms with Gasteiger partial charge in [-0.05, 0) is 43.3 Å². The van der Waals surface area contributed by atoms with Crippen molar-refractivity contribution in [2.24, 2.45) is 0 Å². The van der Waals surface area contributed by atoms with Gasteiger partial charge >= 0.3 is 0 Å². The number of benzene rings is 2. The zero-order valence-electron chi connectivity index (χ0n) is 12.3. The number of carbonyl (C=O) groups is 1. The van der Waals surface area contributed by atoms with E-state index in [-0.39, 0.29) is 4.88 Å². The van der Waals surface area contributed by atoms with Gasteiger partial charge in [-0.15, -0.1) is 0 Å². The molecular weight excluding hydrogens is 312 g/mol. The van der Waals surface area contributed by atoms with Crippen molar-refractivity contribution in [2.45, 2.75) is 6.92 Å². The van der Waals surface area contributed by atoms with E-state index in [2.05, 4.69) is 10.3 Å². The lowest BCUT2D eigenvalue weighted by Crippen LogP contribution is -2.21. The first-order valence-corrected chi connectivity index (χ1v) is 7.72. The van der Waals surface area contributed by atoms with Crippen molar-refractivity contribution in [1.29, 1.82) is 0 Å². The maximum Gasteiger partial charge on any atom is 0.188 e. The van der Waals surface area contributed by atoms with Crippen LogP contribution in [0.3, 0.4) is 0 Å². The predicted octanol–water partition coefficient (Wildman–Crippen LogP) is 3.35. The SMILES string of the molecule is Cc1nc(Nc2ccc(Oc3ccccc3)cc2)sc1C(=O)[O-]. The van der Waals surface area contributed by atoms with Gasteiger partial charge in [0.05, 0.1) is 16.5 Å². The molecule has 0 radical (unpaired) electrons. The minimum atomic E-state index is -1.21. The maximum absolute atomic E-state index is 10.9. The van der Waals surface area contributed by atoms with Gasteiger partial charge in [-0.3, -0.25) is 0 Å². The van der Waals surface area contributed by atoms with Gasteiger partial charge in [-0.1, -0.05) is 29.5 Å². The van der Waals surface area contributed by atoms with E-state index in [1.165, 1.54) is 0 Å². The molecule has 1 heterocycles. The predicted molar refractivity (Wildman–Crippen MR) is 87.4 cm³/mol. The van der Waals surface area contributed by atoms with E-state index in [1.54, 1.807) is 6.92 Å². The molecule has 0 fully saturated rings. The molecule has 6 heteroatoms. The second-order valence-corrected chi connectivity index (χ2v) is 5.78. The van der Waals surface area contributed by atoms with E-state index in [9.17, 15) is 9.90 Å². The van der Waals surface area contributed by atoms with E-state index < -0.39 is 5.97 Å². The fourth-order valence-electron chi connectivity index (χ4n) is 1.99. The highest BCUT2D eigenvalue weighted by Crippen LogP contribution is 2.27. The molecular formula is C17H13N2O3S-. The Morgan fingerprint density at radius 2 is 1.74 bits per heavy atom.